The maximum Gasteiger partial charge on any atom is 0.337 e. The molecule has 1 aromatic rings. The fourth-order valence-electron chi connectivity index (χ4n) is 2.74. The number of methoxy groups -OCH3 is 1. The lowest BCUT2D eigenvalue weighted by molar-refractivity contribution is -0.136. The summed E-state index contributed by atoms with van der Waals surface area (Å²) in [4.78, 5) is 14.1. The van der Waals surface area contributed by atoms with Crippen LogP contribution in [0.2, 0.25) is 0 Å². The Kier molecular flexibility index (Phi) is 5.69. The van der Waals surface area contributed by atoms with Gasteiger partial charge in [0.05, 0.1) is 25.0 Å². The SMILES string of the molecule is CCN1C(=S)N[C@H](c2ccc(NS(C)(=O)=O)cc2)C(C(=O)OC)=C1C. The summed E-state index contributed by atoms with van der Waals surface area (Å²) in [6, 6.07) is 6.29. The van der Waals surface area contributed by atoms with Crippen LogP contribution < -0.4 is 10.0 Å². The van der Waals surface area contributed by atoms with Crippen LogP contribution in [-0.4, -0.2) is 44.3 Å². The molecule has 2 N–H and O–H groups in total. The average molecular weight is 383 g/mol. The number of nitrogens with zero attached hydrogens (tertiary/aromatic N) is 1. The molecule has 1 aromatic carbocycles. The minimum atomic E-state index is -3.35. The van der Waals surface area contributed by atoms with E-state index in [1.54, 1.807) is 24.3 Å². The van der Waals surface area contributed by atoms with Crippen molar-refractivity contribution in [2.75, 3.05) is 24.6 Å². The predicted molar refractivity (Wildman–Crippen MR) is 100 cm³/mol. The Morgan fingerprint density at radius 3 is 2.44 bits per heavy atom. The number of allylic oxidation sites excluding steroid dienone is 1. The number of nitrogens with one attached hydrogen (secondary N) is 2. The molecule has 9 heteroatoms. The number of hydrogen-bond acceptors (Lipinski definition) is 5. The first-order chi connectivity index (χ1) is 11.7. The van der Waals surface area contributed by atoms with Crippen molar-refractivity contribution < 1.29 is 17.9 Å². The second kappa shape index (κ2) is 7.40. The highest BCUT2D eigenvalue weighted by molar-refractivity contribution is 7.92. The summed E-state index contributed by atoms with van der Waals surface area (Å²) in [5.74, 6) is -0.436. The predicted octanol–water partition coefficient (Wildman–Crippen LogP) is 1.76. The zero-order valence-corrected chi connectivity index (χ0v) is 16.1. The summed E-state index contributed by atoms with van der Waals surface area (Å²) in [5, 5.41) is 3.68. The molecule has 136 valence electrons. The number of benzene rings is 1. The highest BCUT2D eigenvalue weighted by atomic mass is 32.2. The summed E-state index contributed by atoms with van der Waals surface area (Å²) in [6.07, 6.45) is 1.09. The summed E-state index contributed by atoms with van der Waals surface area (Å²) >= 11 is 5.39. The highest BCUT2D eigenvalue weighted by Crippen LogP contribution is 2.31. The fraction of sp³-hybridized carbons (Fsp3) is 0.375. The van der Waals surface area contributed by atoms with Crippen LogP contribution in [-0.2, 0) is 19.6 Å². The molecule has 0 saturated carbocycles. The number of rotatable bonds is 5. The Balaban J connectivity index is 2.43. The molecule has 0 unspecified atom stereocenters. The van der Waals surface area contributed by atoms with Crippen LogP contribution in [0.25, 0.3) is 0 Å². The van der Waals surface area contributed by atoms with Gasteiger partial charge in [0, 0.05) is 17.9 Å². The number of carbonyl (C=O) groups is 1. The fourth-order valence-corrected chi connectivity index (χ4v) is 3.69. The van der Waals surface area contributed by atoms with Gasteiger partial charge in [-0.25, -0.2) is 13.2 Å². The number of sulfonamides is 1. The zero-order valence-electron chi connectivity index (χ0n) is 14.5. The molecule has 1 heterocycles. The maximum atomic E-state index is 12.3. The van der Waals surface area contributed by atoms with E-state index in [2.05, 4.69) is 10.0 Å². The number of thiocarbonyl (C=S) groups is 1. The minimum absolute atomic E-state index is 0.436. The Morgan fingerprint density at radius 2 is 1.96 bits per heavy atom. The van der Waals surface area contributed by atoms with Crippen molar-refractivity contribution in [3.8, 4) is 0 Å². The number of anilines is 1. The van der Waals surface area contributed by atoms with Gasteiger partial charge in [0.25, 0.3) is 0 Å². The summed E-state index contributed by atoms with van der Waals surface area (Å²) in [5.41, 5.74) is 2.43. The molecule has 2 rings (SSSR count). The van der Waals surface area contributed by atoms with E-state index in [9.17, 15) is 13.2 Å². The van der Waals surface area contributed by atoms with Crippen molar-refractivity contribution in [1.29, 1.82) is 0 Å². The third-order valence-electron chi connectivity index (χ3n) is 3.87. The standard InChI is InChI=1S/C16H21N3O4S2/c1-5-19-10(2)13(15(20)23-3)14(17-16(19)24)11-6-8-12(9-7-11)18-25(4,21)22/h6-9,14,18H,5H2,1-4H3,(H,17,24)/t14-/m1/s1. The summed E-state index contributed by atoms with van der Waals surface area (Å²) in [7, 11) is -2.01. The molecule has 1 atom stereocenters. The molecule has 0 spiro atoms. The molecule has 0 aliphatic carbocycles. The maximum absolute atomic E-state index is 12.3. The molecule has 0 saturated heterocycles. The summed E-state index contributed by atoms with van der Waals surface area (Å²) < 4.78 is 30.0. The molecule has 1 aliphatic rings. The first-order valence-electron chi connectivity index (χ1n) is 7.62. The first kappa shape index (κ1) is 19.2. The van der Waals surface area contributed by atoms with Crippen LogP contribution >= 0.6 is 12.2 Å². The Bertz CT molecular complexity index is 816. The summed E-state index contributed by atoms with van der Waals surface area (Å²) in [6.45, 7) is 4.40. The lowest BCUT2D eigenvalue weighted by Gasteiger charge is -2.36. The Hall–Kier alpha value is -2.13. The molecule has 25 heavy (non-hydrogen) atoms. The molecular weight excluding hydrogens is 362 g/mol. The molecule has 7 nitrogen and oxygen atoms in total. The molecule has 0 aromatic heterocycles. The van der Waals surface area contributed by atoms with Crippen molar-refractivity contribution in [3.63, 3.8) is 0 Å². The second-order valence-corrected chi connectivity index (χ2v) is 7.75. The van der Waals surface area contributed by atoms with E-state index in [-0.39, 0.29) is 0 Å². The normalized spacial score (nSPS) is 18.0. The topological polar surface area (TPSA) is 87.7 Å². The van der Waals surface area contributed by atoms with E-state index in [4.69, 9.17) is 17.0 Å². The molecule has 0 bridgehead atoms. The van der Waals surface area contributed by atoms with Crippen molar-refractivity contribution >= 4 is 39.0 Å². The second-order valence-electron chi connectivity index (χ2n) is 5.61. The van der Waals surface area contributed by atoms with E-state index in [0.717, 1.165) is 17.5 Å². The molecule has 0 radical (unpaired) electrons. The molecule has 0 amide bonds. The van der Waals surface area contributed by atoms with Crippen LogP contribution in [0.1, 0.15) is 25.5 Å². The third-order valence-corrected chi connectivity index (χ3v) is 4.81. The van der Waals surface area contributed by atoms with Gasteiger partial charge in [0.1, 0.15) is 0 Å². The highest BCUT2D eigenvalue weighted by Gasteiger charge is 2.33. The quantitative estimate of drug-likeness (QED) is 0.592. The monoisotopic (exact) mass is 383 g/mol. The van der Waals surface area contributed by atoms with Crippen LogP contribution in [0.3, 0.4) is 0 Å². The van der Waals surface area contributed by atoms with Gasteiger partial charge in [-0.1, -0.05) is 12.1 Å². The van der Waals surface area contributed by atoms with Gasteiger partial charge in [-0.15, -0.1) is 0 Å². The van der Waals surface area contributed by atoms with Crippen molar-refractivity contribution in [2.24, 2.45) is 0 Å². The lowest BCUT2D eigenvalue weighted by atomic mass is 9.95. The molecular formula is C16H21N3O4S2. The van der Waals surface area contributed by atoms with Gasteiger partial charge in [-0.3, -0.25) is 4.72 Å². The van der Waals surface area contributed by atoms with Gasteiger partial charge in [-0.2, -0.15) is 0 Å². The number of ether oxygens (including phenoxy) is 1. The van der Waals surface area contributed by atoms with Gasteiger partial charge in [0.2, 0.25) is 10.0 Å². The molecule has 1 aliphatic heterocycles. The largest absolute Gasteiger partial charge is 0.466 e. The molecule has 0 fully saturated rings. The van der Waals surface area contributed by atoms with E-state index in [1.807, 2.05) is 18.7 Å². The Labute approximate surface area is 153 Å². The number of hydrogen-bond donors (Lipinski definition) is 2. The van der Waals surface area contributed by atoms with Crippen molar-refractivity contribution in [1.82, 2.24) is 10.2 Å². The Morgan fingerprint density at radius 1 is 1.36 bits per heavy atom. The zero-order chi connectivity index (χ0) is 18.8. The van der Waals surface area contributed by atoms with E-state index < -0.39 is 22.0 Å². The number of esters is 1. The smallest absolute Gasteiger partial charge is 0.337 e. The van der Waals surface area contributed by atoms with Crippen LogP contribution in [0.4, 0.5) is 5.69 Å². The van der Waals surface area contributed by atoms with Crippen LogP contribution in [0.15, 0.2) is 35.5 Å². The average Bonchev–Trinajstić information content (AvgIpc) is 2.53. The van der Waals surface area contributed by atoms with E-state index in [1.165, 1.54) is 7.11 Å². The van der Waals surface area contributed by atoms with Crippen molar-refractivity contribution in [2.45, 2.75) is 19.9 Å². The van der Waals surface area contributed by atoms with Gasteiger partial charge in [0.15, 0.2) is 5.11 Å². The van der Waals surface area contributed by atoms with Crippen LogP contribution in [0, 0.1) is 0 Å². The van der Waals surface area contributed by atoms with Gasteiger partial charge < -0.3 is 15.0 Å². The van der Waals surface area contributed by atoms with Crippen LogP contribution in [0.5, 0.6) is 0 Å². The third kappa shape index (κ3) is 4.29. The van der Waals surface area contributed by atoms with E-state index >= 15 is 0 Å². The van der Waals surface area contributed by atoms with E-state index in [0.29, 0.717) is 22.9 Å². The van der Waals surface area contributed by atoms with Gasteiger partial charge >= 0.3 is 5.97 Å². The van der Waals surface area contributed by atoms with Gasteiger partial charge in [-0.05, 0) is 43.8 Å². The first-order valence-corrected chi connectivity index (χ1v) is 9.92. The lowest BCUT2D eigenvalue weighted by Crippen LogP contribution is -2.47. The number of carbonyl (C=O) groups excluding carboxylic acids is 1. The van der Waals surface area contributed by atoms with Crippen molar-refractivity contribution in [3.05, 3.63) is 41.1 Å². The minimum Gasteiger partial charge on any atom is -0.466 e.